The standard InChI is InChI=1S/C23H31N3O4/c1-28-20-15-19(16-21(29-2)23(20)30-3)24-22(27)17-26-13-11-25(12-14-26)10-9-18-7-5-4-6-8-18/h4-8,15-16H,9-14,17H2,1-3H3,(H,24,27). The molecule has 2 aromatic rings. The van der Waals surface area contributed by atoms with E-state index < -0.39 is 0 Å². The van der Waals surface area contributed by atoms with Crippen LogP contribution in [0.2, 0.25) is 0 Å². The number of amides is 1. The minimum absolute atomic E-state index is 0.0537. The summed E-state index contributed by atoms with van der Waals surface area (Å²) in [6.45, 7) is 5.14. The molecular weight excluding hydrogens is 382 g/mol. The summed E-state index contributed by atoms with van der Waals surface area (Å²) in [5.41, 5.74) is 1.99. The number of hydrogen-bond acceptors (Lipinski definition) is 6. The summed E-state index contributed by atoms with van der Waals surface area (Å²) in [6.07, 6.45) is 1.06. The SMILES string of the molecule is COc1cc(NC(=O)CN2CCN(CCc3ccccc3)CC2)cc(OC)c1OC. The number of ether oxygens (including phenoxy) is 3. The molecule has 1 fully saturated rings. The second kappa shape index (κ2) is 10.8. The minimum atomic E-state index is -0.0537. The predicted molar refractivity (Wildman–Crippen MR) is 118 cm³/mol. The van der Waals surface area contributed by atoms with E-state index in [4.69, 9.17) is 14.2 Å². The molecule has 7 nitrogen and oxygen atoms in total. The Bertz CT molecular complexity index is 795. The van der Waals surface area contributed by atoms with Crippen LogP contribution in [0.1, 0.15) is 5.56 Å². The van der Waals surface area contributed by atoms with Gasteiger partial charge in [0.15, 0.2) is 11.5 Å². The van der Waals surface area contributed by atoms with Crippen LogP contribution in [-0.4, -0.2) is 76.3 Å². The maximum absolute atomic E-state index is 12.5. The maximum Gasteiger partial charge on any atom is 0.238 e. The van der Waals surface area contributed by atoms with Crippen LogP contribution in [-0.2, 0) is 11.2 Å². The van der Waals surface area contributed by atoms with Crippen LogP contribution >= 0.6 is 0 Å². The van der Waals surface area contributed by atoms with Crippen LogP contribution < -0.4 is 19.5 Å². The van der Waals surface area contributed by atoms with Crippen LogP contribution in [0.25, 0.3) is 0 Å². The zero-order chi connectivity index (χ0) is 21.3. The molecule has 1 heterocycles. The molecule has 1 aliphatic heterocycles. The van der Waals surface area contributed by atoms with Gasteiger partial charge in [0, 0.05) is 50.5 Å². The number of carbonyl (C=O) groups excluding carboxylic acids is 1. The van der Waals surface area contributed by atoms with Gasteiger partial charge in [0.25, 0.3) is 0 Å². The largest absolute Gasteiger partial charge is 0.493 e. The Morgan fingerprint density at radius 3 is 2.07 bits per heavy atom. The van der Waals surface area contributed by atoms with Gasteiger partial charge in [-0.3, -0.25) is 9.69 Å². The van der Waals surface area contributed by atoms with E-state index in [2.05, 4.69) is 39.4 Å². The number of rotatable bonds is 9. The normalized spacial score (nSPS) is 14.9. The maximum atomic E-state index is 12.5. The highest BCUT2D eigenvalue weighted by Gasteiger charge is 2.20. The fourth-order valence-corrected chi connectivity index (χ4v) is 3.66. The fraction of sp³-hybridized carbons (Fsp3) is 0.435. The topological polar surface area (TPSA) is 63.3 Å². The van der Waals surface area contributed by atoms with E-state index in [1.807, 2.05) is 6.07 Å². The van der Waals surface area contributed by atoms with Crippen molar-refractivity contribution in [3.63, 3.8) is 0 Å². The number of anilines is 1. The second-order valence-electron chi connectivity index (χ2n) is 7.32. The lowest BCUT2D eigenvalue weighted by molar-refractivity contribution is -0.117. The predicted octanol–water partition coefficient (Wildman–Crippen LogP) is 2.51. The molecule has 2 aromatic carbocycles. The third kappa shape index (κ3) is 5.87. The van der Waals surface area contributed by atoms with Crippen molar-refractivity contribution in [3.8, 4) is 17.2 Å². The first-order valence-electron chi connectivity index (χ1n) is 10.2. The molecule has 0 bridgehead atoms. The molecule has 1 N–H and O–H groups in total. The van der Waals surface area contributed by atoms with Crippen molar-refractivity contribution in [3.05, 3.63) is 48.0 Å². The quantitative estimate of drug-likeness (QED) is 0.682. The Labute approximate surface area is 178 Å². The average Bonchev–Trinajstić information content (AvgIpc) is 2.78. The fourth-order valence-electron chi connectivity index (χ4n) is 3.66. The van der Waals surface area contributed by atoms with Gasteiger partial charge in [0.2, 0.25) is 11.7 Å². The van der Waals surface area contributed by atoms with E-state index in [1.165, 1.54) is 5.56 Å². The van der Waals surface area contributed by atoms with E-state index in [0.29, 0.717) is 29.5 Å². The van der Waals surface area contributed by atoms with Crippen LogP contribution in [0.3, 0.4) is 0 Å². The summed E-state index contributed by atoms with van der Waals surface area (Å²) < 4.78 is 16.0. The number of carbonyl (C=O) groups is 1. The van der Waals surface area contributed by atoms with Gasteiger partial charge in [-0.2, -0.15) is 0 Å². The highest BCUT2D eigenvalue weighted by Crippen LogP contribution is 2.39. The molecule has 162 valence electrons. The van der Waals surface area contributed by atoms with Gasteiger partial charge in [-0.05, 0) is 12.0 Å². The summed E-state index contributed by atoms with van der Waals surface area (Å²) in [6, 6.07) is 14.0. The van der Waals surface area contributed by atoms with Crippen molar-refractivity contribution in [2.45, 2.75) is 6.42 Å². The lowest BCUT2D eigenvalue weighted by Gasteiger charge is -2.34. The van der Waals surface area contributed by atoms with Crippen LogP contribution in [0.15, 0.2) is 42.5 Å². The van der Waals surface area contributed by atoms with Crippen molar-refractivity contribution in [1.29, 1.82) is 0 Å². The monoisotopic (exact) mass is 413 g/mol. The number of hydrogen-bond donors (Lipinski definition) is 1. The average molecular weight is 414 g/mol. The number of methoxy groups -OCH3 is 3. The smallest absolute Gasteiger partial charge is 0.238 e. The van der Waals surface area contributed by atoms with Crippen molar-refractivity contribution in [1.82, 2.24) is 9.80 Å². The summed E-state index contributed by atoms with van der Waals surface area (Å²) >= 11 is 0. The Morgan fingerprint density at radius 2 is 1.50 bits per heavy atom. The molecule has 3 rings (SSSR count). The van der Waals surface area contributed by atoms with Gasteiger partial charge >= 0.3 is 0 Å². The zero-order valence-electron chi connectivity index (χ0n) is 18.0. The minimum Gasteiger partial charge on any atom is -0.493 e. The molecule has 0 spiro atoms. The van der Waals surface area contributed by atoms with Gasteiger partial charge in [-0.1, -0.05) is 30.3 Å². The van der Waals surface area contributed by atoms with Crippen LogP contribution in [0, 0.1) is 0 Å². The van der Waals surface area contributed by atoms with Gasteiger partial charge in [0.05, 0.1) is 27.9 Å². The van der Waals surface area contributed by atoms with Gasteiger partial charge in [0.1, 0.15) is 0 Å². The molecule has 1 aliphatic rings. The van der Waals surface area contributed by atoms with Crippen molar-refractivity contribution in [2.24, 2.45) is 0 Å². The Balaban J connectivity index is 1.47. The van der Waals surface area contributed by atoms with Crippen molar-refractivity contribution < 1.29 is 19.0 Å². The summed E-state index contributed by atoms with van der Waals surface area (Å²) in [7, 11) is 4.67. The lowest BCUT2D eigenvalue weighted by atomic mass is 10.1. The molecule has 0 aromatic heterocycles. The Morgan fingerprint density at radius 1 is 0.900 bits per heavy atom. The lowest BCUT2D eigenvalue weighted by Crippen LogP contribution is -2.49. The summed E-state index contributed by atoms with van der Waals surface area (Å²) in [4.78, 5) is 17.2. The van der Waals surface area contributed by atoms with E-state index >= 15 is 0 Å². The van der Waals surface area contributed by atoms with E-state index in [9.17, 15) is 4.79 Å². The Kier molecular flexibility index (Phi) is 7.93. The molecule has 0 unspecified atom stereocenters. The third-order valence-corrected chi connectivity index (χ3v) is 5.34. The number of nitrogens with zero attached hydrogens (tertiary/aromatic N) is 2. The van der Waals surface area contributed by atoms with E-state index in [1.54, 1.807) is 33.5 Å². The highest BCUT2D eigenvalue weighted by molar-refractivity contribution is 5.93. The van der Waals surface area contributed by atoms with Crippen LogP contribution in [0.5, 0.6) is 17.2 Å². The number of piperazine rings is 1. The summed E-state index contributed by atoms with van der Waals surface area (Å²) in [5.74, 6) is 1.48. The molecular formula is C23H31N3O4. The first-order valence-corrected chi connectivity index (χ1v) is 10.2. The molecule has 30 heavy (non-hydrogen) atoms. The first kappa shape index (κ1) is 21.9. The van der Waals surface area contributed by atoms with E-state index in [-0.39, 0.29) is 5.91 Å². The van der Waals surface area contributed by atoms with E-state index in [0.717, 1.165) is 39.1 Å². The highest BCUT2D eigenvalue weighted by atomic mass is 16.5. The molecule has 1 saturated heterocycles. The molecule has 0 saturated carbocycles. The number of benzene rings is 2. The third-order valence-electron chi connectivity index (χ3n) is 5.34. The summed E-state index contributed by atoms with van der Waals surface area (Å²) in [5, 5.41) is 2.94. The van der Waals surface area contributed by atoms with Crippen LogP contribution in [0.4, 0.5) is 5.69 Å². The second-order valence-corrected chi connectivity index (χ2v) is 7.32. The van der Waals surface area contributed by atoms with Crippen molar-refractivity contribution in [2.75, 3.05) is 65.9 Å². The zero-order valence-corrected chi connectivity index (χ0v) is 18.0. The van der Waals surface area contributed by atoms with Gasteiger partial charge < -0.3 is 24.4 Å². The molecule has 1 amide bonds. The molecule has 7 heteroatoms. The van der Waals surface area contributed by atoms with Gasteiger partial charge in [-0.15, -0.1) is 0 Å². The molecule has 0 atom stereocenters. The Hall–Kier alpha value is -2.77. The molecule has 0 radical (unpaired) electrons. The van der Waals surface area contributed by atoms with Gasteiger partial charge in [-0.25, -0.2) is 0 Å². The molecule has 0 aliphatic carbocycles. The van der Waals surface area contributed by atoms with Crippen molar-refractivity contribution >= 4 is 11.6 Å². The number of nitrogens with one attached hydrogen (secondary N) is 1. The first-order chi connectivity index (χ1) is 14.6.